The monoisotopic (exact) mass is 368 g/mol. The van der Waals surface area contributed by atoms with Crippen molar-refractivity contribution in [1.82, 2.24) is 0 Å². The molecule has 0 aliphatic rings. The Morgan fingerprint density at radius 3 is 2.30 bits per heavy atom. The highest BCUT2D eigenvalue weighted by Gasteiger charge is 2.06. The van der Waals surface area contributed by atoms with Gasteiger partial charge in [0.25, 0.3) is 0 Å². The highest BCUT2D eigenvalue weighted by molar-refractivity contribution is 6.07. The number of hydrogen-bond acceptors (Lipinski definition) is 4. The first-order chi connectivity index (χ1) is 13.1. The third-order valence-corrected chi connectivity index (χ3v) is 4.07. The van der Waals surface area contributed by atoms with E-state index in [0.29, 0.717) is 24.5 Å². The van der Waals surface area contributed by atoms with E-state index < -0.39 is 0 Å². The van der Waals surface area contributed by atoms with E-state index in [4.69, 9.17) is 9.47 Å². The standard InChI is InChI=1S/C23H28O4/c1-3-5-15-26-21-13-9-19(23(17-21)27-16-6-4-2)10-14-22(25)18-7-11-20(24)12-8-18/h7-14,17,24H,3-6,15-16H2,1-2H3. The minimum atomic E-state index is -0.127. The van der Waals surface area contributed by atoms with Crippen molar-refractivity contribution < 1.29 is 19.4 Å². The summed E-state index contributed by atoms with van der Waals surface area (Å²) in [5.41, 5.74) is 1.36. The second-order valence-corrected chi connectivity index (χ2v) is 6.35. The van der Waals surface area contributed by atoms with E-state index in [1.165, 1.54) is 18.2 Å². The van der Waals surface area contributed by atoms with Gasteiger partial charge < -0.3 is 14.6 Å². The Balaban J connectivity index is 2.14. The van der Waals surface area contributed by atoms with Crippen LogP contribution in [0.5, 0.6) is 17.2 Å². The lowest BCUT2D eigenvalue weighted by Gasteiger charge is -2.12. The zero-order valence-electron chi connectivity index (χ0n) is 16.1. The summed E-state index contributed by atoms with van der Waals surface area (Å²) in [6.45, 7) is 5.55. The number of benzene rings is 2. The van der Waals surface area contributed by atoms with Crippen molar-refractivity contribution in [2.24, 2.45) is 0 Å². The Morgan fingerprint density at radius 2 is 1.63 bits per heavy atom. The number of carbonyl (C=O) groups is 1. The number of aromatic hydroxyl groups is 1. The number of ketones is 1. The molecule has 144 valence electrons. The third kappa shape index (κ3) is 6.81. The van der Waals surface area contributed by atoms with Crippen molar-refractivity contribution in [1.29, 1.82) is 0 Å². The number of phenols is 1. The zero-order valence-corrected chi connectivity index (χ0v) is 16.1. The molecule has 2 aromatic carbocycles. The first-order valence-corrected chi connectivity index (χ1v) is 9.55. The van der Waals surface area contributed by atoms with Gasteiger partial charge in [0.2, 0.25) is 0 Å². The van der Waals surface area contributed by atoms with Crippen LogP contribution in [0.4, 0.5) is 0 Å². The molecule has 0 unspecified atom stereocenters. The Kier molecular flexibility index (Phi) is 8.43. The molecule has 2 rings (SSSR count). The topological polar surface area (TPSA) is 55.8 Å². The lowest BCUT2D eigenvalue weighted by molar-refractivity contribution is 0.104. The van der Waals surface area contributed by atoms with Gasteiger partial charge in [-0.1, -0.05) is 26.7 Å². The van der Waals surface area contributed by atoms with Crippen LogP contribution in [-0.4, -0.2) is 24.1 Å². The number of carbonyl (C=O) groups excluding carboxylic acids is 1. The van der Waals surface area contributed by atoms with E-state index in [2.05, 4.69) is 13.8 Å². The number of rotatable bonds is 11. The Hall–Kier alpha value is -2.75. The predicted octanol–water partition coefficient (Wildman–Crippen LogP) is 5.65. The molecular weight excluding hydrogens is 340 g/mol. The maximum atomic E-state index is 12.3. The third-order valence-electron chi connectivity index (χ3n) is 4.07. The highest BCUT2D eigenvalue weighted by atomic mass is 16.5. The molecule has 0 saturated carbocycles. The van der Waals surface area contributed by atoms with Gasteiger partial charge in [-0.25, -0.2) is 0 Å². The fourth-order valence-corrected chi connectivity index (χ4v) is 2.42. The SMILES string of the molecule is CCCCOc1ccc(C=CC(=O)c2ccc(O)cc2)c(OCCCC)c1. The quantitative estimate of drug-likeness (QED) is 0.316. The first-order valence-electron chi connectivity index (χ1n) is 9.55. The van der Waals surface area contributed by atoms with Gasteiger partial charge >= 0.3 is 0 Å². The molecule has 2 aromatic rings. The van der Waals surface area contributed by atoms with Crippen molar-refractivity contribution in [2.45, 2.75) is 39.5 Å². The van der Waals surface area contributed by atoms with Crippen LogP contribution in [0, 0.1) is 0 Å². The summed E-state index contributed by atoms with van der Waals surface area (Å²) in [5, 5.41) is 9.33. The van der Waals surface area contributed by atoms with Gasteiger partial charge in [0, 0.05) is 17.2 Å². The highest BCUT2D eigenvalue weighted by Crippen LogP contribution is 2.27. The molecule has 0 bridgehead atoms. The summed E-state index contributed by atoms with van der Waals surface area (Å²) in [4.78, 5) is 12.3. The van der Waals surface area contributed by atoms with Gasteiger partial charge in [-0.3, -0.25) is 4.79 Å². The van der Waals surface area contributed by atoms with Crippen LogP contribution in [0.15, 0.2) is 48.5 Å². The fourth-order valence-electron chi connectivity index (χ4n) is 2.42. The number of phenolic OH excluding ortho intramolecular Hbond substituents is 1. The Labute approximate surface area is 161 Å². The molecule has 0 heterocycles. The van der Waals surface area contributed by atoms with Gasteiger partial charge in [-0.05, 0) is 61.4 Å². The largest absolute Gasteiger partial charge is 0.508 e. The number of unbranched alkanes of at least 4 members (excludes halogenated alkanes) is 2. The molecule has 4 nitrogen and oxygen atoms in total. The maximum Gasteiger partial charge on any atom is 0.185 e. The molecule has 4 heteroatoms. The van der Waals surface area contributed by atoms with Crippen molar-refractivity contribution in [3.05, 3.63) is 59.7 Å². The molecule has 0 saturated heterocycles. The lowest BCUT2D eigenvalue weighted by Crippen LogP contribution is -2.01. The van der Waals surface area contributed by atoms with Gasteiger partial charge in [-0.15, -0.1) is 0 Å². The summed E-state index contributed by atoms with van der Waals surface area (Å²) >= 11 is 0. The van der Waals surface area contributed by atoms with Crippen LogP contribution >= 0.6 is 0 Å². The van der Waals surface area contributed by atoms with Gasteiger partial charge in [0.15, 0.2) is 5.78 Å². The van der Waals surface area contributed by atoms with E-state index in [1.807, 2.05) is 18.2 Å². The minimum absolute atomic E-state index is 0.127. The molecule has 1 N–H and O–H groups in total. The molecule has 0 amide bonds. The average molecular weight is 368 g/mol. The summed E-state index contributed by atoms with van der Waals surface area (Å²) in [6, 6.07) is 11.9. The van der Waals surface area contributed by atoms with Gasteiger partial charge in [-0.2, -0.15) is 0 Å². The second-order valence-electron chi connectivity index (χ2n) is 6.35. The van der Waals surface area contributed by atoms with Crippen LogP contribution in [0.25, 0.3) is 6.08 Å². The number of hydrogen-bond donors (Lipinski definition) is 1. The smallest absolute Gasteiger partial charge is 0.185 e. The minimum Gasteiger partial charge on any atom is -0.508 e. The van der Waals surface area contributed by atoms with Crippen LogP contribution in [0.1, 0.15) is 55.5 Å². The molecule has 27 heavy (non-hydrogen) atoms. The summed E-state index contributed by atoms with van der Waals surface area (Å²) < 4.78 is 11.7. The molecule has 0 aliphatic carbocycles. The lowest BCUT2D eigenvalue weighted by atomic mass is 10.1. The molecule has 0 aromatic heterocycles. The van der Waals surface area contributed by atoms with Crippen LogP contribution < -0.4 is 9.47 Å². The molecule has 0 atom stereocenters. The molecule has 0 spiro atoms. The Morgan fingerprint density at radius 1 is 0.963 bits per heavy atom. The van der Waals surface area contributed by atoms with E-state index in [-0.39, 0.29) is 11.5 Å². The first kappa shape index (κ1) is 20.6. The van der Waals surface area contributed by atoms with Crippen molar-refractivity contribution in [2.75, 3.05) is 13.2 Å². The normalized spacial score (nSPS) is 10.9. The van der Waals surface area contributed by atoms with Crippen LogP contribution in [0.3, 0.4) is 0 Å². The molecule has 0 aliphatic heterocycles. The summed E-state index contributed by atoms with van der Waals surface area (Å²) in [7, 11) is 0. The van der Waals surface area contributed by atoms with E-state index in [9.17, 15) is 9.90 Å². The molecular formula is C23H28O4. The molecule has 0 radical (unpaired) electrons. The number of ether oxygens (including phenoxy) is 2. The van der Waals surface area contributed by atoms with Crippen molar-refractivity contribution in [3.63, 3.8) is 0 Å². The van der Waals surface area contributed by atoms with Gasteiger partial charge in [0.05, 0.1) is 13.2 Å². The fraction of sp³-hybridized carbons (Fsp3) is 0.348. The summed E-state index contributed by atoms with van der Waals surface area (Å²) in [5.74, 6) is 1.50. The molecule has 0 fully saturated rings. The van der Waals surface area contributed by atoms with E-state index in [1.54, 1.807) is 18.2 Å². The van der Waals surface area contributed by atoms with Crippen molar-refractivity contribution in [3.8, 4) is 17.2 Å². The van der Waals surface area contributed by atoms with Crippen molar-refractivity contribution >= 4 is 11.9 Å². The summed E-state index contributed by atoms with van der Waals surface area (Å²) in [6.07, 6.45) is 7.39. The van der Waals surface area contributed by atoms with Crippen LogP contribution in [0.2, 0.25) is 0 Å². The van der Waals surface area contributed by atoms with E-state index in [0.717, 1.165) is 37.0 Å². The second kappa shape index (κ2) is 11.1. The number of allylic oxidation sites excluding steroid dienone is 1. The average Bonchev–Trinajstić information content (AvgIpc) is 2.68. The van der Waals surface area contributed by atoms with Crippen LogP contribution in [-0.2, 0) is 0 Å². The Bertz CT molecular complexity index is 747. The maximum absolute atomic E-state index is 12.3. The zero-order chi connectivity index (χ0) is 19.5. The van der Waals surface area contributed by atoms with Gasteiger partial charge in [0.1, 0.15) is 17.2 Å². The van der Waals surface area contributed by atoms with E-state index >= 15 is 0 Å². The predicted molar refractivity (Wildman–Crippen MR) is 109 cm³/mol.